The molecular formula is C61H76Cl2N12Na2O12Si. The van der Waals surface area contributed by atoms with E-state index in [9.17, 15) is 24.0 Å². The number of aromatic nitrogens is 12. The minimum Gasteiger partial charge on any atom is -1.00 e. The Labute approximate surface area is 580 Å². The molecule has 90 heavy (non-hydrogen) atoms. The van der Waals surface area contributed by atoms with E-state index in [0.29, 0.717) is 49.2 Å². The summed E-state index contributed by atoms with van der Waals surface area (Å²) in [5, 5.41) is 28.8. The van der Waals surface area contributed by atoms with Crippen LogP contribution in [0, 0.1) is 0 Å². The van der Waals surface area contributed by atoms with Crippen LogP contribution in [0.1, 0.15) is 125 Å². The van der Waals surface area contributed by atoms with Crippen molar-refractivity contribution in [2.75, 3.05) is 26.8 Å². The third-order valence-corrected chi connectivity index (χ3v) is 12.9. The SMILES string of the molecule is C1CCOC1.CCCCc1nc(Cl)c(C(=O)OCOC(=O)OC(C)C)n1Cc1ccc(-c2ccccc2-c2nn[nH]n2)cc1.CCCCc1nc(Cl)c(C(=O)OCOC(=O)OC(C)C)n1Cc1ccc(-c2ccccc2-c2nn[nH]n2)cc1.C[Si](C)(C)[O-].[H-].[Na+].[Na+]. The van der Waals surface area contributed by atoms with Crippen LogP contribution in [0.5, 0.6) is 0 Å². The number of halogens is 2. The zero-order valence-corrected chi connectivity index (χ0v) is 59.4. The Hall–Kier alpha value is -6.36. The number of carbonyl (C=O) groups excluding carboxylic acids is 4. The fraction of sp³-hybridized carbons (Fsp3) is 0.410. The second kappa shape index (κ2) is 39.1. The number of H-pyrrole nitrogens is 2. The Morgan fingerprint density at radius 3 is 1.24 bits per heavy atom. The average Bonchev–Trinajstić information content (AvgIpc) is 1.85. The number of imidazole rings is 2. The Morgan fingerprint density at radius 2 is 0.944 bits per heavy atom. The van der Waals surface area contributed by atoms with Crippen molar-refractivity contribution in [2.24, 2.45) is 0 Å². The van der Waals surface area contributed by atoms with Crippen LogP contribution in [0.3, 0.4) is 0 Å². The fourth-order valence-electron chi connectivity index (χ4n) is 8.43. The molecule has 0 radical (unpaired) electrons. The van der Waals surface area contributed by atoms with Crippen molar-refractivity contribution in [3.8, 4) is 45.0 Å². The molecule has 4 aromatic carbocycles. The molecule has 2 N–H and O–H groups in total. The monoisotopic (exact) mass is 1310 g/mol. The van der Waals surface area contributed by atoms with E-state index in [0.717, 1.165) is 83.4 Å². The largest absolute Gasteiger partial charge is 1.00 e. The van der Waals surface area contributed by atoms with Gasteiger partial charge in [-0.1, -0.05) is 175 Å². The van der Waals surface area contributed by atoms with Crippen LogP contribution >= 0.6 is 23.2 Å². The van der Waals surface area contributed by atoms with E-state index in [4.69, 9.17) is 56.4 Å². The first-order valence-corrected chi connectivity index (χ1v) is 33.0. The first-order valence-electron chi connectivity index (χ1n) is 28.9. The number of aryl methyl sites for hydroxylation is 2. The van der Waals surface area contributed by atoms with Gasteiger partial charge in [0.15, 0.2) is 21.7 Å². The predicted octanol–water partition coefficient (Wildman–Crippen LogP) is 6.00. The van der Waals surface area contributed by atoms with Crippen molar-refractivity contribution < 1.29 is 118 Å². The van der Waals surface area contributed by atoms with Gasteiger partial charge in [-0.15, -0.1) is 20.4 Å². The van der Waals surface area contributed by atoms with Crippen molar-refractivity contribution in [3.63, 3.8) is 0 Å². The molecule has 4 aromatic heterocycles. The van der Waals surface area contributed by atoms with Gasteiger partial charge in [-0.2, -0.15) is 10.4 Å². The first kappa shape index (κ1) is 76.1. The molecule has 24 nitrogen and oxygen atoms in total. The molecule has 1 fully saturated rings. The summed E-state index contributed by atoms with van der Waals surface area (Å²) in [6.45, 7) is 17.7. The molecule has 29 heteroatoms. The molecule has 1 aliphatic rings. The molecule has 0 spiro atoms. The Morgan fingerprint density at radius 1 is 0.589 bits per heavy atom. The van der Waals surface area contributed by atoms with Crippen molar-refractivity contribution in [2.45, 2.75) is 138 Å². The Kier molecular flexibility index (Phi) is 33.1. The topological polar surface area (TPSA) is 301 Å². The van der Waals surface area contributed by atoms with Crippen molar-refractivity contribution >= 4 is 55.8 Å². The van der Waals surface area contributed by atoms with Gasteiger partial charge in [0, 0.05) is 50.3 Å². The van der Waals surface area contributed by atoms with E-state index >= 15 is 0 Å². The first-order chi connectivity index (χ1) is 42.2. The Bertz CT molecular complexity index is 3240. The number of aromatic amines is 2. The number of ether oxygens (including phenoxy) is 7. The number of nitrogens with one attached hydrogen (secondary N) is 2. The van der Waals surface area contributed by atoms with E-state index in [1.54, 1.807) is 56.5 Å². The number of esters is 2. The van der Waals surface area contributed by atoms with Gasteiger partial charge in [0.2, 0.25) is 25.2 Å². The third kappa shape index (κ3) is 24.7. The number of unbranched alkanes of at least 4 members (excludes halogenated alkanes) is 2. The minimum absolute atomic E-state index is 0. The van der Waals surface area contributed by atoms with Crippen LogP contribution in [0.4, 0.5) is 9.59 Å². The van der Waals surface area contributed by atoms with Gasteiger partial charge >= 0.3 is 83.4 Å². The quantitative estimate of drug-likeness (QED) is 0.0340. The van der Waals surface area contributed by atoms with Gasteiger partial charge in [0.1, 0.15) is 11.6 Å². The average molecular weight is 1310 g/mol. The van der Waals surface area contributed by atoms with Crippen LogP contribution in [-0.4, -0.2) is 132 Å². The maximum Gasteiger partial charge on any atom is 1.00 e. The number of hydrogen-bond donors (Lipinski definition) is 2. The summed E-state index contributed by atoms with van der Waals surface area (Å²) in [6.07, 6.45) is 4.90. The van der Waals surface area contributed by atoms with Crippen molar-refractivity contribution in [1.82, 2.24) is 60.4 Å². The molecule has 0 amide bonds. The number of tetrazole rings is 2. The summed E-state index contributed by atoms with van der Waals surface area (Å²) in [7, 11) is -1.86. The number of hydrogen-bond acceptors (Lipinski definition) is 20. The molecule has 8 aromatic rings. The number of nitrogens with zero attached hydrogens (tertiary/aromatic N) is 10. The molecule has 0 aliphatic carbocycles. The van der Waals surface area contributed by atoms with Gasteiger partial charge in [-0.3, -0.25) is 0 Å². The molecule has 0 saturated carbocycles. The molecule has 0 unspecified atom stereocenters. The zero-order valence-electron chi connectivity index (χ0n) is 53.9. The normalized spacial score (nSPS) is 11.5. The molecule has 0 bridgehead atoms. The van der Waals surface area contributed by atoms with E-state index in [-0.39, 0.29) is 94.4 Å². The molecule has 472 valence electrons. The summed E-state index contributed by atoms with van der Waals surface area (Å²) >= 11 is 12.8. The standard InChI is InChI=1S/2C27H29ClN6O5.C4H8O.C3H9OSi.2Na.H/c2*1-4-5-10-22-29-24(28)23(26(35)37-16-38-27(36)39-17(2)3)34(22)15-18-11-13-19(14-12-18)20-8-6-7-9-21(20)25-30-32-33-31-25;1-2-4-5-3-1;1-5(2,3)4;;;/h2*6-9,11-14,17H,4-5,10,15-16H2,1-3H3,(H,30,31,32,33);1-4H2;1-3H3;;;/q;;;-1;2*+1;-1. The number of rotatable bonds is 22. The van der Waals surface area contributed by atoms with Crippen molar-refractivity contribution in [1.29, 1.82) is 0 Å². The fourth-order valence-corrected chi connectivity index (χ4v) is 8.99. The second-order valence-corrected chi connectivity index (χ2v) is 26.3. The van der Waals surface area contributed by atoms with Crippen LogP contribution in [-0.2, 0) is 59.1 Å². The van der Waals surface area contributed by atoms with Gasteiger partial charge < -0.3 is 48.5 Å². The summed E-state index contributed by atoms with van der Waals surface area (Å²) < 4.78 is 38.1. The van der Waals surface area contributed by atoms with Gasteiger partial charge in [0.25, 0.3) is 0 Å². The maximum absolute atomic E-state index is 12.9. The predicted molar refractivity (Wildman–Crippen MR) is 330 cm³/mol. The molecule has 0 atom stereocenters. The van der Waals surface area contributed by atoms with Crippen LogP contribution in [0.15, 0.2) is 97.1 Å². The molecule has 1 saturated heterocycles. The minimum atomic E-state index is -1.86. The van der Waals surface area contributed by atoms with E-state index in [1.165, 1.54) is 12.8 Å². The summed E-state index contributed by atoms with van der Waals surface area (Å²) in [5.74, 6) is 0.846. The van der Waals surface area contributed by atoms with Gasteiger partial charge in [-0.25, -0.2) is 29.1 Å². The molecular weight excluding hydrogens is 1240 g/mol. The summed E-state index contributed by atoms with van der Waals surface area (Å²) in [6, 6.07) is 31.4. The summed E-state index contributed by atoms with van der Waals surface area (Å²) in [5.41, 5.74) is 7.60. The van der Waals surface area contributed by atoms with Gasteiger partial charge in [0.05, 0.1) is 12.2 Å². The van der Waals surface area contributed by atoms with Gasteiger partial charge in [-0.05, 0) is 97.2 Å². The Balaban J connectivity index is 0.000000400. The third-order valence-electron chi connectivity index (χ3n) is 12.4. The van der Waals surface area contributed by atoms with Crippen LogP contribution in [0.25, 0.3) is 45.0 Å². The summed E-state index contributed by atoms with van der Waals surface area (Å²) in [4.78, 5) is 68.2. The van der Waals surface area contributed by atoms with Crippen LogP contribution in [0.2, 0.25) is 29.9 Å². The van der Waals surface area contributed by atoms with E-state index in [1.807, 2.05) is 97.1 Å². The number of carbonyl (C=O) groups is 4. The van der Waals surface area contributed by atoms with Crippen LogP contribution < -0.4 is 63.9 Å². The molecule has 9 rings (SSSR count). The maximum atomic E-state index is 12.9. The molecule has 1 aliphatic heterocycles. The molecule has 5 heterocycles. The second-order valence-electron chi connectivity index (χ2n) is 21.3. The number of benzene rings is 4. The van der Waals surface area contributed by atoms with E-state index < -0.39 is 46.2 Å². The smallest absolute Gasteiger partial charge is 1.00 e. The van der Waals surface area contributed by atoms with E-state index in [2.05, 4.69) is 65.1 Å². The van der Waals surface area contributed by atoms with Crippen molar-refractivity contribution in [3.05, 3.63) is 142 Å². The zero-order chi connectivity index (χ0) is 63.6.